The van der Waals surface area contributed by atoms with E-state index in [1.807, 2.05) is 12.1 Å². The SMILES string of the molecule is CCCC[C@H](CC)CNC(=O)COc1ccc(C(C)C)cc1. The molecular formula is C19H31NO2. The van der Waals surface area contributed by atoms with Crippen LogP contribution in [0.5, 0.6) is 5.75 Å². The molecule has 3 nitrogen and oxygen atoms in total. The lowest BCUT2D eigenvalue weighted by Crippen LogP contribution is -2.33. The highest BCUT2D eigenvalue weighted by molar-refractivity contribution is 5.77. The van der Waals surface area contributed by atoms with Gasteiger partial charge in [0.05, 0.1) is 0 Å². The number of hydrogen-bond acceptors (Lipinski definition) is 2. The zero-order valence-electron chi connectivity index (χ0n) is 14.5. The smallest absolute Gasteiger partial charge is 0.257 e. The van der Waals surface area contributed by atoms with E-state index in [-0.39, 0.29) is 12.5 Å². The summed E-state index contributed by atoms with van der Waals surface area (Å²) in [5.41, 5.74) is 1.28. The van der Waals surface area contributed by atoms with E-state index >= 15 is 0 Å². The molecule has 1 N–H and O–H groups in total. The molecule has 1 aromatic rings. The molecule has 0 fully saturated rings. The topological polar surface area (TPSA) is 38.3 Å². The highest BCUT2D eigenvalue weighted by atomic mass is 16.5. The van der Waals surface area contributed by atoms with Crippen molar-refractivity contribution in [2.24, 2.45) is 5.92 Å². The van der Waals surface area contributed by atoms with E-state index < -0.39 is 0 Å². The minimum Gasteiger partial charge on any atom is -0.484 e. The molecule has 0 saturated heterocycles. The van der Waals surface area contributed by atoms with Gasteiger partial charge in [-0.3, -0.25) is 4.79 Å². The van der Waals surface area contributed by atoms with E-state index in [2.05, 4.69) is 45.1 Å². The monoisotopic (exact) mass is 305 g/mol. The van der Waals surface area contributed by atoms with Crippen LogP contribution < -0.4 is 10.1 Å². The second-order valence-electron chi connectivity index (χ2n) is 6.23. The van der Waals surface area contributed by atoms with Crippen LogP contribution in [-0.4, -0.2) is 19.1 Å². The third kappa shape index (κ3) is 6.97. The molecule has 0 unspecified atom stereocenters. The molecule has 22 heavy (non-hydrogen) atoms. The van der Waals surface area contributed by atoms with E-state index in [4.69, 9.17) is 4.74 Å². The quantitative estimate of drug-likeness (QED) is 0.690. The van der Waals surface area contributed by atoms with Gasteiger partial charge in [0.25, 0.3) is 5.91 Å². The van der Waals surface area contributed by atoms with Gasteiger partial charge < -0.3 is 10.1 Å². The van der Waals surface area contributed by atoms with Crippen LogP contribution in [-0.2, 0) is 4.79 Å². The Labute approximate surface area is 135 Å². The van der Waals surface area contributed by atoms with Crippen molar-refractivity contribution < 1.29 is 9.53 Å². The van der Waals surface area contributed by atoms with Crippen LogP contribution in [0, 0.1) is 5.92 Å². The van der Waals surface area contributed by atoms with Gasteiger partial charge in [0.1, 0.15) is 5.75 Å². The summed E-state index contributed by atoms with van der Waals surface area (Å²) in [5, 5.41) is 2.98. The van der Waals surface area contributed by atoms with E-state index in [0.717, 1.165) is 18.7 Å². The molecule has 0 bridgehead atoms. The first-order valence-electron chi connectivity index (χ1n) is 8.56. The van der Waals surface area contributed by atoms with Gasteiger partial charge in [-0.05, 0) is 36.0 Å². The predicted octanol–water partition coefficient (Wildman–Crippen LogP) is 4.52. The Morgan fingerprint density at radius 2 is 1.86 bits per heavy atom. The number of unbranched alkanes of at least 4 members (excludes halogenated alkanes) is 1. The number of nitrogens with one attached hydrogen (secondary N) is 1. The van der Waals surface area contributed by atoms with Gasteiger partial charge in [0, 0.05) is 6.54 Å². The van der Waals surface area contributed by atoms with Crippen molar-refractivity contribution in [3.63, 3.8) is 0 Å². The Hall–Kier alpha value is -1.51. The molecule has 1 aromatic carbocycles. The van der Waals surface area contributed by atoms with Crippen LogP contribution in [0.4, 0.5) is 0 Å². The molecule has 1 amide bonds. The summed E-state index contributed by atoms with van der Waals surface area (Å²) in [4.78, 5) is 11.8. The lowest BCUT2D eigenvalue weighted by molar-refractivity contribution is -0.123. The van der Waals surface area contributed by atoms with Crippen molar-refractivity contribution in [2.75, 3.05) is 13.2 Å². The molecule has 1 rings (SSSR count). The van der Waals surface area contributed by atoms with Crippen molar-refractivity contribution >= 4 is 5.91 Å². The molecule has 0 aromatic heterocycles. The molecule has 0 saturated carbocycles. The van der Waals surface area contributed by atoms with Crippen LogP contribution in [0.1, 0.15) is 64.9 Å². The molecular weight excluding hydrogens is 274 g/mol. The fourth-order valence-electron chi connectivity index (χ4n) is 2.35. The van der Waals surface area contributed by atoms with Gasteiger partial charge in [-0.2, -0.15) is 0 Å². The Morgan fingerprint density at radius 3 is 2.41 bits per heavy atom. The van der Waals surface area contributed by atoms with Crippen molar-refractivity contribution in [2.45, 2.75) is 59.3 Å². The number of carbonyl (C=O) groups is 1. The maximum Gasteiger partial charge on any atom is 0.257 e. The standard InChI is InChI=1S/C19H31NO2/c1-5-7-8-16(6-2)13-20-19(21)14-22-18-11-9-17(10-12-18)15(3)4/h9-12,15-16H,5-8,13-14H2,1-4H3,(H,20,21)/t16-/m0/s1. The molecule has 0 aliphatic heterocycles. The van der Waals surface area contributed by atoms with E-state index in [1.54, 1.807) is 0 Å². The maximum absolute atomic E-state index is 11.8. The summed E-state index contributed by atoms with van der Waals surface area (Å²) in [6, 6.07) is 7.96. The first-order chi connectivity index (χ1) is 10.6. The molecule has 1 atom stereocenters. The first kappa shape index (κ1) is 18.5. The zero-order chi connectivity index (χ0) is 16.4. The summed E-state index contributed by atoms with van der Waals surface area (Å²) >= 11 is 0. The van der Waals surface area contributed by atoms with Gasteiger partial charge in [-0.1, -0.05) is 59.1 Å². The minimum atomic E-state index is -0.0390. The maximum atomic E-state index is 11.8. The molecule has 0 aliphatic carbocycles. The number of amides is 1. The van der Waals surface area contributed by atoms with Crippen molar-refractivity contribution in [1.82, 2.24) is 5.32 Å². The normalized spacial score (nSPS) is 12.2. The van der Waals surface area contributed by atoms with Gasteiger partial charge in [0.2, 0.25) is 0 Å². The van der Waals surface area contributed by atoms with Crippen LogP contribution >= 0.6 is 0 Å². The number of ether oxygens (including phenoxy) is 1. The number of carbonyl (C=O) groups excluding carboxylic acids is 1. The summed E-state index contributed by atoms with van der Waals surface area (Å²) in [6.45, 7) is 9.54. The highest BCUT2D eigenvalue weighted by Crippen LogP contribution is 2.18. The molecule has 124 valence electrons. The number of rotatable bonds is 10. The van der Waals surface area contributed by atoms with Crippen LogP contribution in [0.3, 0.4) is 0 Å². The molecule has 0 heterocycles. The summed E-state index contributed by atoms with van der Waals surface area (Å²) < 4.78 is 5.54. The molecule has 3 heteroatoms. The predicted molar refractivity (Wildman–Crippen MR) is 92.3 cm³/mol. The lowest BCUT2D eigenvalue weighted by atomic mass is 9.99. The van der Waals surface area contributed by atoms with Gasteiger partial charge in [0.15, 0.2) is 6.61 Å². The largest absolute Gasteiger partial charge is 0.484 e. The highest BCUT2D eigenvalue weighted by Gasteiger charge is 2.09. The fraction of sp³-hybridized carbons (Fsp3) is 0.632. The van der Waals surface area contributed by atoms with Crippen LogP contribution in [0.15, 0.2) is 24.3 Å². The van der Waals surface area contributed by atoms with Crippen LogP contribution in [0.25, 0.3) is 0 Å². The third-order valence-electron chi connectivity index (χ3n) is 4.05. The van der Waals surface area contributed by atoms with Crippen LogP contribution in [0.2, 0.25) is 0 Å². The second-order valence-corrected chi connectivity index (χ2v) is 6.23. The van der Waals surface area contributed by atoms with Gasteiger partial charge in [-0.25, -0.2) is 0 Å². The Kier molecular flexibility index (Phi) is 8.64. The third-order valence-corrected chi connectivity index (χ3v) is 4.05. The van der Waals surface area contributed by atoms with Crippen molar-refractivity contribution in [3.8, 4) is 5.75 Å². The van der Waals surface area contributed by atoms with Gasteiger partial charge >= 0.3 is 0 Å². The summed E-state index contributed by atoms with van der Waals surface area (Å²) in [6.07, 6.45) is 4.73. The molecule has 0 aliphatic rings. The number of hydrogen-bond donors (Lipinski definition) is 1. The number of benzene rings is 1. The zero-order valence-corrected chi connectivity index (χ0v) is 14.5. The molecule has 0 spiro atoms. The first-order valence-corrected chi connectivity index (χ1v) is 8.56. The lowest BCUT2D eigenvalue weighted by Gasteiger charge is -2.15. The minimum absolute atomic E-state index is 0.0390. The molecule has 0 radical (unpaired) electrons. The van der Waals surface area contributed by atoms with Crippen molar-refractivity contribution in [3.05, 3.63) is 29.8 Å². The van der Waals surface area contributed by atoms with E-state index in [0.29, 0.717) is 11.8 Å². The Bertz CT molecular complexity index is 426. The Morgan fingerprint density at radius 1 is 1.18 bits per heavy atom. The van der Waals surface area contributed by atoms with Crippen molar-refractivity contribution in [1.29, 1.82) is 0 Å². The average Bonchev–Trinajstić information content (AvgIpc) is 2.53. The Balaban J connectivity index is 2.30. The average molecular weight is 305 g/mol. The van der Waals surface area contributed by atoms with E-state index in [1.165, 1.54) is 24.8 Å². The second kappa shape index (κ2) is 10.3. The summed E-state index contributed by atoms with van der Waals surface area (Å²) in [5.74, 6) is 1.79. The fourth-order valence-corrected chi connectivity index (χ4v) is 2.35. The van der Waals surface area contributed by atoms with Gasteiger partial charge in [-0.15, -0.1) is 0 Å². The van der Waals surface area contributed by atoms with E-state index in [9.17, 15) is 4.79 Å². The summed E-state index contributed by atoms with van der Waals surface area (Å²) in [7, 11) is 0.